The Morgan fingerprint density at radius 1 is 1.64 bits per heavy atom. The molecule has 1 heterocycles. The predicted molar refractivity (Wildman–Crippen MR) is 37.5 cm³/mol. The SMILES string of the molecule is O=C(NCl)c1ccc(F)cn1. The summed E-state index contributed by atoms with van der Waals surface area (Å²) < 4.78 is 12.2. The van der Waals surface area contributed by atoms with Crippen LogP contribution in [0.4, 0.5) is 4.39 Å². The Morgan fingerprint density at radius 3 is 2.82 bits per heavy atom. The summed E-state index contributed by atoms with van der Waals surface area (Å²) in [5.41, 5.74) is 0.0846. The van der Waals surface area contributed by atoms with Gasteiger partial charge in [0.25, 0.3) is 5.91 Å². The van der Waals surface area contributed by atoms with Gasteiger partial charge in [-0.15, -0.1) is 0 Å². The van der Waals surface area contributed by atoms with Crippen LogP contribution in [0.5, 0.6) is 0 Å². The second-order valence-corrected chi connectivity index (χ2v) is 1.97. The molecule has 0 bridgehead atoms. The number of nitrogens with zero attached hydrogens (tertiary/aromatic N) is 1. The second kappa shape index (κ2) is 3.30. The highest BCUT2D eigenvalue weighted by Gasteiger charge is 2.03. The van der Waals surface area contributed by atoms with Crippen molar-refractivity contribution in [2.75, 3.05) is 0 Å². The van der Waals surface area contributed by atoms with Crippen LogP contribution in [-0.4, -0.2) is 10.9 Å². The number of nitrogens with one attached hydrogen (secondary N) is 1. The van der Waals surface area contributed by atoms with Gasteiger partial charge in [0, 0.05) is 11.8 Å². The number of amides is 1. The van der Waals surface area contributed by atoms with E-state index in [0.717, 1.165) is 12.3 Å². The van der Waals surface area contributed by atoms with Crippen LogP contribution < -0.4 is 4.84 Å². The number of hydrogen-bond donors (Lipinski definition) is 1. The van der Waals surface area contributed by atoms with Crippen LogP contribution >= 0.6 is 11.8 Å². The molecule has 0 unspecified atom stereocenters. The van der Waals surface area contributed by atoms with E-state index in [0.29, 0.717) is 0 Å². The first kappa shape index (κ1) is 7.94. The minimum Gasteiger partial charge on any atom is -0.266 e. The molecule has 58 valence electrons. The summed E-state index contributed by atoms with van der Waals surface area (Å²) >= 11 is 4.99. The van der Waals surface area contributed by atoms with Crippen molar-refractivity contribution < 1.29 is 9.18 Å². The Hall–Kier alpha value is -1.16. The molecule has 0 aromatic carbocycles. The molecule has 0 saturated heterocycles. The highest BCUT2D eigenvalue weighted by atomic mass is 35.5. The average molecular weight is 175 g/mol. The quantitative estimate of drug-likeness (QED) is 0.648. The molecule has 0 saturated carbocycles. The number of pyridine rings is 1. The molecular weight excluding hydrogens is 171 g/mol. The summed E-state index contributed by atoms with van der Waals surface area (Å²) in [6.45, 7) is 0. The number of halogens is 2. The van der Waals surface area contributed by atoms with Crippen LogP contribution in [0.15, 0.2) is 18.3 Å². The van der Waals surface area contributed by atoms with Gasteiger partial charge in [-0.05, 0) is 12.1 Å². The summed E-state index contributed by atoms with van der Waals surface area (Å²) in [6.07, 6.45) is 0.946. The highest BCUT2D eigenvalue weighted by Crippen LogP contribution is 1.97. The molecule has 0 aliphatic heterocycles. The normalized spacial score (nSPS) is 9.27. The number of rotatable bonds is 1. The monoisotopic (exact) mass is 174 g/mol. The Labute approximate surface area is 67.3 Å². The molecule has 0 aliphatic carbocycles. The maximum atomic E-state index is 12.2. The minimum atomic E-state index is -0.549. The fraction of sp³-hybridized carbons (Fsp3) is 0. The standard InChI is InChI=1S/C6H4ClFN2O/c7-10-6(11)5-2-1-4(8)3-9-5/h1-3H,(H,10,11). The molecule has 1 aromatic rings. The topological polar surface area (TPSA) is 42.0 Å². The Balaban J connectivity index is 2.90. The fourth-order valence-corrected chi connectivity index (χ4v) is 0.655. The van der Waals surface area contributed by atoms with Crippen molar-refractivity contribution in [1.82, 2.24) is 9.82 Å². The maximum absolute atomic E-state index is 12.2. The molecule has 1 amide bonds. The molecule has 1 rings (SSSR count). The fourth-order valence-electron chi connectivity index (χ4n) is 0.559. The Kier molecular flexibility index (Phi) is 2.38. The van der Waals surface area contributed by atoms with E-state index in [9.17, 15) is 9.18 Å². The summed E-state index contributed by atoms with van der Waals surface area (Å²) in [6, 6.07) is 2.38. The van der Waals surface area contributed by atoms with Gasteiger partial charge in [-0.3, -0.25) is 9.63 Å². The lowest BCUT2D eigenvalue weighted by Crippen LogP contribution is -2.13. The number of carbonyl (C=O) groups excluding carboxylic acids is 1. The van der Waals surface area contributed by atoms with Crippen LogP contribution in [0.3, 0.4) is 0 Å². The maximum Gasteiger partial charge on any atom is 0.284 e. The molecular formula is C6H4ClFN2O. The zero-order valence-electron chi connectivity index (χ0n) is 5.34. The molecule has 1 N–H and O–H groups in total. The number of aromatic nitrogens is 1. The minimum absolute atomic E-state index is 0.0846. The van der Waals surface area contributed by atoms with Crippen molar-refractivity contribution in [2.24, 2.45) is 0 Å². The molecule has 1 aromatic heterocycles. The first-order chi connectivity index (χ1) is 5.24. The first-order valence-electron chi connectivity index (χ1n) is 2.76. The predicted octanol–water partition coefficient (Wildman–Crippen LogP) is 1.10. The van der Waals surface area contributed by atoms with E-state index in [1.807, 2.05) is 4.84 Å². The van der Waals surface area contributed by atoms with Crippen molar-refractivity contribution in [3.05, 3.63) is 29.8 Å². The lowest BCUT2D eigenvalue weighted by Gasteiger charge is -1.94. The van der Waals surface area contributed by atoms with Gasteiger partial charge in [-0.2, -0.15) is 0 Å². The van der Waals surface area contributed by atoms with Crippen LogP contribution in [0.25, 0.3) is 0 Å². The average Bonchev–Trinajstić information content (AvgIpc) is 2.05. The summed E-state index contributed by atoms with van der Waals surface area (Å²) in [5, 5.41) is 0. The van der Waals surface area contributed by atoms with Crippen molar-refractivity contribution in [3.8, 4) is 0 Å². The van der Waals surface area contributed by atoms with Gasteiger partial charge in [0.2, 0.25) is 0 Å². The smallest absolute Gasteiger partial charge is 0.266 e. The van der Waals surface area contributed by atoms with Gasteiger partial charge < -0.3 is 0 Å². The number of carbonyl (C=O) groups is 1. The number of hydrogen-bond acceptors (Lipinski definition) is 2. The van der Waals surface area contributed by atoms with E-state index < -0.39 is 11.7 Å². The molecule has 0 atom stereocenters. The van der Waals surface area contributed by atoms with E-state index in [2.05, 4.69) is 4.98 Å². The molecule has 0 fully saturated rings. The summed E-state index contributed by atoms with van der Waals surface area (Å²) in [5.74, 6) is -1.04. The molecule has 5 heteroatoms. The third-order valence-corrected chi connectivity index (χ3v) is 1.22. The van der Waals surface area contributed by atoms with Gasteiger partial charge in [-0.25, -0.2) is 9.37 Å². The second-order valence-electron chi connectivity index (χ2n) is 1.79. The van der Waals surface area contributed by atoms with Gasteiger partial charge in [0.1, 0.15) is 11.5 Å². The zero-order valence-corrected chi connectivity index (χ0v) is 6.10. The first-order valence-corrected chi connectivity index (χ1v) is 3.14. The third-order valence-electron chi connectivity index (χ3n) is 1.05. The summed E-state index contributed by atoms with van der Waals surface area (Å²) in [7, 11) is 0. The van der Waals surface area contributed by atoms with Crippen LogP contribution in [-0.2, 0) is 0 Å². The third kappa shape index (κ3) is 1.88. The molecule has 0 spiro atoms. The van der Waals surface area contributed by atoms with E-state index in [-0.39, 0.29) is 5.69 Å². The van der Waals surface area contributed by atoms with Crippen LogP contribution in [0, 0.1) is 5.82 Å². The Morgan fingerprint density at radius 2 is 2.36 bits per heavy atom. The van der Waals surface area contributed by atoms with E-state index in [1.165, 1.54) is 6.07 Å². The lowest BCUT2D eigenvalue weighted by molar-refractivity contribution is 0.0977. The van der Waals surface area contributed by atoms with Crippen molar-refractivity contribution in [1.29, 1.82) is 0 Å². The molecule has 11 heavy (non-hydrogen) atoms. The highest BCUT2D eigenvalue weighted by molar-refractivity contribution is 6.23. The van der Waals surface area contributed by atoms with Crippen LogP contribution in [0.1, 0.15) is 10.5 Å². The van der Waals surface area contributed by atoms with E-state index >= 15 is 0 Å². The zero-order chi connectivity index (χ0) is 8.27. The van der Waals surface area contributed by atoms with Gasteiger partial charge in [-0.1, -0.05) is 0 Å². The summed E-state index contributed by atoms with van der Waals surface area (Å²) in [4.78, 5) is 16.0. The largest absolute Gasteiger partial charge is 0.284 e. The van der Waals surface area contributed by atoms with Crippen LogP contribution in [0.2, 0.25) is 0 Å². The van der Waals surface area contributed by atoms with E-state index in [1.54, 1.807) is 0 Å². The van der Waals surface area contributed by atoms with Crippen molar-refractivity contribution >= 4 is 17.7 Å². The van der Waals surface area contributed by atoms with Gasteiger partial charge in [0.05, 0.1) is 6.20 Å². The Bertz CT molecular complexity index is 262. The molecule has 3 nitrogen and oxygen atoms in total. The van der Waals surface area contributed by atoms with Crippen molar-refractivity contribution in [2.45, 2.75) is 0 Å². The molecule has 0 aliphatic rings. The van der Waals surface area contributed by atoms with Gasteiger partial charge >= 0.3 is 0 Å². The van der Waals surface area contributed by atoms with Gasteiger partial charge in [0.15, 0.2) is 0 Å². The lowest BCUT2D eigenvalue weighted by atomic mass is 10.3. The van der Waals surface area contributed by atoms with Crippen molar-refractivity contribution in [3.63, 3.8) is 0 Å². The molecule has 0 radical (unpaired) electrons. The van der Waals surface area contributed by atoms with E-state index in [4.69, 9.17) is 11.8 Å².